The number of hydrogen-bond donors (Lipinski definition) is 1. The maximum absolute atomic E-state index is 4.95. The third-order valence-corrected chi connectivity index (χ3v) is 3.35. The Morgan fingerprint density at radius 2 is 1.89 bits per heavy atom. The van der Waals surface area contributed by atoms with Crippen molar-refractivity contribution in [3.8, 4) is 0 Å². The van der Waals surface area contributed by atoms with Crippen LogP contribution in [0.4, 0.5) is 0 Å². The molecule has 0 fully saturated rings. The molecule has 0 spiro atoms. The van der Waals surface area contributed by atoms with Gasteiger partial charge >= 0.3 is 0 Å². The predicted octanol–water partition coefficient (Wildman–Crippen LogP) is 3.82. The van der Waals surface area contributed by atoms with Crippen LogP contribution in [0.25, 0.3) is 0 Å². The molecule has 2 aromatic rings. The largest absolute Gasteiger partial charge is 0.451 e. The van der Waals surface area contributed by atoms with Crippen molar-refractivity contribution in [2.45, 2.75) is 45.7 Å². The van der Waals surface area contributed by atoms with Gasteiger partial charge in [0.25, 0.3) is 0 Å². The zero-order valence-corrected chi connectivity index (χ0v) is 12.1. The fourth-order valence-electron chi connectivity index (χ4n) is 1.97. The van der Waals surface area contributed by atoms with Crippen LogP contribution < -0.4 is 5.32 Å². The summed E-state index contributed by atoms with van der Waals surface area (Å²) in [4.78, 5) is 4.10. The molecule has 1 atom stereocenters. The number of oxazole rings is 1. The molecule has 1 aromatic heterocycles. The molecule has 0 aliphatic carbocycles. The van der Waals surface area contributed by atoms with E-state index in [2.05, 4.69) is 62.3 Å². The van der Waals surface area contributed by atoms with Crippen molar-refractivity contribution >= 4 is 0 Å². The molecule has 3 nitrogen and oxygen atoms in total. The smallest absolute Gasteiger partial charge is 0.180 e. The van der Waals surface area contributed by atoms with Crippen molar-refractivity contribution < 1.29 is 4.42 Å². The Morgan fingerprint density at radius 3 is 2.42 bits per heavy atom. The zero-order chi connectivity index (χ0) is 13.9. The summed E-state index contributed by atoms with van der Waals surface area (Å²) >= 11 is 0. The van der Waals surface area contributed by atoms with Gasteiger partial charge in [0.05, 0.1) is 5.69 Å². The molecule has 2 rings (SSSR count). The lowest BCUT2D eigenvalue weighted by atomic mass is 9.86. The molecule has 3 heteroatoms. The second-order valence-corrected chi connectivity index (χ2v) is 5.95. The Labute approximate surface area is 115 Å². The molecule has 19 heavy (non-hydrogen) atoms. The Hall–Kier alpha value is -1.61. The van der Waals surface area contributed by atoms with Gasteiger partial charge in [0.15, 0.2) is 6.39 Å². The van der Waals surface area contributed by atoms with Gasteiger partial charge in [0, 0.05) is 12.6 Å². The lowest BCUT2D eigenvalue weighted by molar-refractivity contribution is 0.545. The quantitative estimate of drug-likeness (QED) is 0.906. The van der Waals surface area contributed by atoms with Gasteiger partial charge in [-0.25, -0.2) is 4.98 Å². The second-order valence-electron chi connectivity index (χ2n) is 5.95. The van der Waals surface area contributed by atoms with Crippen LogP contribution in [0.2, 0.25) is 0 Å². The zero-order valence-electron chi connectivity index (χ0n) is 12.1. The molecule has 0 aliphatic heterocycles. The van der Waals surface area contributed by atoms with Crippen LogP contribution in [0.5, 0.6) is 0 Å². The van der Waals surface area contributed by atoms with Crippen molar-refractivity contribution in [2.24, 2.45) is 0 Å². The average molecular weight is 258 g/mol. The number of nitrogens with one attached hydrogen (secondary N) is 1. The molecule has 0 saturated carbocycles. The van der Waals surface area contributed by atoms with Gasteiger partial charge in [0.1, 0.15) is 6.26 Å². The third kappa shape index (κ3) is 3.67. The van der Waals surface area contributed by atoms with Gasteiger partial charge in [-0.1, -0.05) is 45.0 Å². The molecule has 0 amide bonds. The van der Waals surface area contributed by atoms with E-state index in [0.29, 0.717) is 6.04 Å². The minimum atomic E-state index is 0.204. The van der Waals surface area contributed by atoms with Crippen LogP contribution in [0.1, 0.15) is 50.6 Å². The molecule has 0 bridgehead atoms. The van der Waals surface area contributed by atoms with E-state index in [9.17, 15) is 0 Å². The number of hydrogen-bond acceptors (Lipinski definition) is 3. The molecular formula is C16H22N2O. The minimum absolute atomic E-state index is 0.204. The number of benzene rings is 1. The van der Waals surface area contributed by atoms with Crippen molar-refractivity contribution in [2.75, 3.05) is 0 Å². The summed E-state index contributed by atoms with van der Waals surface area (Å²) in [7, 11) is 0. The van der Waals surface area contributed by atoms with Crippen molar-refractivity contribution in [1.82, 2.24) is 10.3 Å². The van der Waals surface area contributed by atoms with Gasteiger partial charge in [-0.3, -0.25) is 0 Å². The van der Waals surface area contributed by atoms with Crippen LogP contribution in [0, 0.1) is 0 Å². The van der Waals surface area contributed by atoms with E-state index in [1.165, 1.54) is 17.5 Å². The summed E-state index contributed by atoms with van der Waals surface area (Å²) in [5.74, 6) is 0. The van der Waals surface area contributed by atoms with Crippen LogP contribution in [0.15, 0.2) is 41.3 Å². The van der Waals surface area contributed by atoms with E-state index in [4.69, 9.17) is 4.42 Å². The molecule has 1 aromatic carbocycles. The summed E-state index contributed by atoms with van der Waals surface area (Å²) in [6, 6.07) is 9.11. The first-order chi connectivity index (χ1) is 8.97. The summed E-state index contributed by atoms with van der Waals surface area (Å²) < 4.78 is 4.95. The van der Waals surface area contributed by atoms with Crippen molar-refractivity contribution in [1.29, 1.82) is 0 Å². The predicted molar refractivity (Wildman–Crippen MR) is 76.9 cm³/mol. The molecule has 1 unspecified atom stereocenters. The standard InChI is InChI=1S/C16H22N2O/c1-12(17-9-15-10-19-11-18-15)13-5-7-14(8-6-13)16(2,3)4/h5-8,10-12,17H,9H2,1-4H3. The summed E-state index contributed by atoms with van der Waals surface area (Å²) in [6.45, 7) is 9.57. The van der Waals surface area contributed by atoms with Gasteiger partial charge < -0.3 is 9.73 Å². The van der Waals surface area contributed by atoms with Gasteiger partial charge in [-0.2, -0.15) is 0 Å². The van der Waals surface area contributed by atoms with Gasteiger partial charge in [0.2, 0.25) is 0 Å². The monoisotopic (exact) mass is 258 g/mol. The molecule has 0 saturated heterocycles. The van der Waals surface area contributed by atoms with Crippen molar-refractivity contribution in [3.63, 3.8) is 0 Å². The third-order valence-electron chi connectivity index (χ3n) is 3.35. The van der Waals surface area contributed by atoms with Crippen LogP contribution in [0.3, 0.4) is 0 Å². The maximum atomic E-state index is 4.95. The Morgan fingerprint density at radius 1 is 1.21 bits per heavy atom. The molecular weight excluding hydrogens is 236 g/mol. The highest BCUT2D eigenvalue weighted by Gasteiger charge is 2.14. The fraction of sp³-hybridized carbons (Fsp3) is 0.438. The van der Waals surface area contributed by atoms with Gasteiger partial charge in [-0.15, -0.1) is 0 Å². The van der Waals surface area contributed by atoms with Crippen molar-refractivity contribution in [3.05, 3.63) is 53.7 Å². The second kappa shape index (κ2) is 5.57. The number of nitrogens with zero attached hydrogens (tertiary/aromatic N) is 1. The minimum Gasteiger partial charge on any atom is -0.451 e. The van der Waals surface area contributed by atoms with Crippen LogP contribution in [-0.4, -0.2) is 4.98 Å². The Bertz CT molecular complexity index is 495. The Balaban J connectivity index is 1.97. The maximum Gasteiger partial charge on any atom is 0.180 e. The average Bonchev–Trinajstić information content (AvgIpc) is 2.88. The Kier molecular flexibility index (Phi) is 4.05. The fourth-order valence-corrected chi connectivity index (χ4v) is 1.97. The van der Waals surface area contributed by atoms with E-state index in [1.54, 1.807) is 6.26 Å². The highest BCUT2D eigenvalue weighted by Crippen LogP contribution is 2.23. The highest BCUT2D eigenvalue weighted by atomic mass is 16.3. The highest BCUT2D eigenvalue weighted by molar-refractivity contribution is 5.29. The topological polar surface area (TPSA) is 38.1 Å². The lowest BCUT2D eigenvalue weighted by Crippen LogP contribution is -2.18. The van der Waals surface area contributed by atoms with E-state index in [-0.39, 0.29) is 5.41 Å². The first-order valence-electron chi connectivity index (χ1n) is 6.68. The van der Waals surface area contributed by atoms with E-state index in [0.717, 1.165) is 12.2 Å². The first-order valence-corrected chi connectivity index (χ1v) is 6.68. The SMILES string of the molecule is CC(NCc1cocn1)c1ccc(C(C)(C)C)cc1. The van der Waals surface area contributed by atoms with Crippen LogP contribution >= 0.6 is 0 Å². The van der Waals surface area contributed by atoms with E-state index < -0.39 is 0 Å². The van der Waals surface area contributed by atoms with Gasteiger partial charge in [-0.05, 0) is 23.5 Å². The van der Waals surface area contributed by atoms with E-state index in [1.807, 2.05) is 0 Å². The van der Waals surface area contributed by atoms with E-state index >= 15 is 0 Å². The summed E-state index contributed by atoms with van der Waals surface area (Å²) in [5.41, 5.74) is 3.78. The van der Waals surface area contributed by atoms with Crippen LogP contribution in [-0.2, 0) is 12.0 Å². The summed E-state index contributed by atoms with van der Waals surface area (Å²) in [5, 5.41) is 3.44. The lowest BCUT2D eigenvalue weighted by Gasteiger charge is -2.20. The normalized spacial score (nSPS) is 13.5. The number of aromatic nitrogens is 1. The summed E-state index contributed by atoms with van der Waals surface area (Å²) in [6.07, 6.45) is 3.13. The molecule has 1 N–H and O–H groups in total. The molecule has 0 radical (unpaired) electrons. The first kappa shape index (κ1) is 13.8. The number of rotatable bonds is 4. The molecule has 0 aliphatic rings. The molecule has 1 heterocycles. The molecule has 102 valence electrons.